The molecule has 2 aromatic heterocycles. The lowest BCUT2D eigenvalue weighted by Crippen LogP contribution is -1.91. The minimum absolute atomic E-state index is 0.645. The van der Waals surface area contributed by atoms with Gasteiger partial charge in [0.05, 0.1) is 28.0 Å². The Labute approximate surface area is 146 Å². The molecule has 0 aliphatic carbocycles. The highest BCUT2D eigenvalue weighted by Crippen LogP contribution is 2.37. The van der Waals surface area contributed by atoms with Gasteiger partial charge in [0.15, 0.2) is 0 Å². The Kier molecular flexibility index (Phi) is 3.01. The van der Waals surface area contributed by atoms with E-state index in [0.29, 0.717) is 5.02 Å². The van der Waals surface area contributed by atoms with Gasteiger partial charge in [-0.05, 0) is 18.2 Å². The zero-order chi connectivity index (χ0) is 16.1. The van der Waals surface area contributed by atoms with Gasteiger partial charge in [-0.1, -0.05) is 54.1 Å². The molecule has 0 aliphatic heterocycles. The summed E-state index contributed by atoms with van der Waals surface area (Å²) in [7, 11) is 0. The third-order valence-corrected chi connectivity index (χ3v) is 5.06. The van der Waals surface area contributed by atoms with Crippen molar-refractivity contribution in [1.82, 2.24) is 13.7 Å². The first-order valence-corrected chi connectivity index (χ1v) is 8.62. The van der Waals surface area contributed by atoms with Gasteiger partial charge in [0.1, 0.15) is 11.0 Å². The van der Waals surface area contributed by atoms with Crippen LogP contribution in [0.2, 0.25) is 5.02 Å². The fourth-order valence-corrected chi connectivity index (χ4v) is 3.90. The minimum Gasteiger partial charge on any atom is -0.246 e. The van der Waals surface area contributed by atoms with E-state index in [0.717, 1.165) is 44.0 Å². The van der Waals surface area contributed by atoms with E-state index >= 15 is 0 Å². The van der Waals surface area contributed by atoms with Crippen LogP contribution in [0.5, 0.6) is 0 Å². The Bertz CT molecular complexity index is 1220. The lowest BCUT2D eigenvalue weighted by Gasteiger charge is -2.11. The molecule has 0 amide bonds. The van der Waals surface area contributed by atoms with E-state index < -0.39 is 0 Å². The second kappa shape index (κ2) is 5.23. The standard InChI is InChI=1S/C19H10ClN3S/c20-14-8-4-7-12-16-13(9-10-15-19(16)23-24-22-15)17(21-18(12)14)11-5-2-1-3-6-11/h1-10H. The molecule has 0 fully saturated rings. The number of rotatable bonds is 1. The smallest absolute Gasteiger partial charge is 0.113 e. The van der Waals surface area contributed by atoms with Gasteiger partial charge in [0, 0.05) is 21.7 Å². The van der Waals surface area contributed by atoms with Gasteiger partial charge in [0.2, 0.25) is 0 Å². The Hall–Kier alpha value is -2.56. The first kappa shape index (κ1) is 13.8. The van der Waals surface area contributed by atoms with Crippen molar-refractivity contribution >= 4 is 56.0 Å². The van der Waals surface area contributed by atoms with Gasteiger partial charge < -0.3 is 0 Å². The van der Waals surface area contributed by atoms with E-state index in [4.69, 9.17) is 16.6 Å². The highest BCUT2D eigenvalue weighted by Gasteiger charge is 2.15. The summed E-state index contributed by atoms with van der Waals surface area (Å²) in [5.74, 6) is 0. The van der Waals surface area contributed by atoms with Crippen molar-refractivity contribution < 1.29 is 0 Å². The van der Waals surface area contributed by atoms with Crippen LogP contribution in [0.15, 0.2) is 60.7 Å². The van der Waals surface area contributed by atoms with Crippen LogP contribution in [0, 0.1) is 0 Å². The Balaban J connectivity index is 2.08. The van der Waals surface area contributed by atoms with Crippen LogP contribution in [-0.2, 0) is 0 Å². The van der Waals surface area contributed by atoms with E-state index in [2.05, 4.69) is 26.9 Å². The number of hydrogen-bond acceptors (Lipinski definition) is 4. The van der Waals surface area contributed by atoms with Crippen LogP contribution in [-0.4, -0.2) is 13.7 Å². The molecule has 0 unspecified atom stereocenters. The Morgan fingerprint density at radius 1 is 0.750 bits per heavy atom. The summed E-state index contributed by atoms with van der Waals surface area (Å²) in [5, 5.41) is 3.78. The van der Waals surface area contributed by atoms with Crippen LogP contribution in [0.1, 0.15) is 0 Å². The summed E-state index contributed by atoms with van der Waals surface area (Å²) in [5.41, 5.74) is 4.59. The molecule has 3 nitrogen and oxygen atoms in total. The zero-order valence-corrected chi connectivity index (χ0v) is 14.0. The van der Waals surface area contributed by atoms with Gasteiger partial charge in [0.25, 0.3) is 0 Å². The predicted octanol–water partition coefficient (Wildman–Crippen LogP) is 5.71. The van der Waals surface area contributed by atoms with Crippen molar-refractivity contribution in [2.45, 2.75) is 0 Å². The van der Waals surface area contributed by atoms with Gasteiger partial charge in [-0.25, -0.2) is 4.98 Å². The number of aromatic nitrogens is 3. The number of benzene rings is 3. The minimum atomic E-state index is 0.645. The second-order valence-corrected chi connectivity index (χ2v) is 6.52. The predicted molar refractivity (Wildman–Crippen MR) is 101 cm³/mol. The molecule has 5 rings (SSSR count). The summed E-state index contributed by atoms with van der Waals surface area (Å²) in [6.07, 6.45) is 0. The summed E-state index contributed by atoms with van der Waals surface area (Å²) < 4.78 is 8.90. The van der Waals surface area contributed by atoms with Crippen molar-refractivity contribution in [3.05, 3.63) is 65.7 Å². The highest BCUT2D eigenvalue weighted by molar-refractivity contribution is 7.00. The van der Waals surface area contributed by atoms with Crippen LogP contribution in [0.3, 0.4) is 0 Å². The molecule has 0 saturated heterocycles. The lowest BCUT2D eigenvalue weighted by molar-refractivity contribution is 1.43. The van der Waals surface area contributed by atoms with E-state index in [1.54, 1.807) is 0 Å². The van der Waals surface area contributed by atoms with Crippen molar-refractivity contribution in [1.29, 1.82) is 0 Å². The fourth-order valence-electron chi connectivity index (χ4n) is 3.14. The maximum atomic E-state index is 6.45. The average molecular weight is 348 g/mol. The van der Waals surface area contributed by atoms with E-state index in [1.807, 2.05) is 42.5 Å². The van der Waals surface area contributed by atoms with Crippen molar-refractivity contribution in [3.8, 4) is 11.3 Å². The van der Waals surface area contributed by atoms with Gasteiger partial charge >= 0.3 is 0 Å². The molecule has 0 saturated carbocycles. The third kappa shape index (κ3) is 1.94. The van der Waals surface area contributed by atoms with Gasteiger partial charge in [-0.15, -0.1) is 0 Å². The molecule has 0 N–H and O–H groups in total. The number of hydrogen-bond donors (Lipinski definition) is 0. The molecule has 0 spiro atoms. The fraction of sp³-hybridized carbons (Fsp3) is 0. The zero-order valence-electron chi connectivity index (χ0n) is 12.4. The lowest BCUT2D eigenvalue weighted by atomic mass is 9.99. The normalized spacial score (nSPS) is 11.5. The van der Waals surface area contributed by atoms with Crippen molar-refractivity contribution in [3.63, 3.8) is 0 Å². The highest BCUT2D eigenvalue weighted by atomic mass is 35.5. The topological polar surface area (TPSA) is 38.7 Å². The van der Waals surface area contributed by atoms with Crippen molar-refractivity contribution in [2.75, 3.05) is 0 Å². The van der Waals surface area contributed by atoms with Gasteiger partial charge in [-0.3, -0.25) is 0 Å². The maximum absolute atomic E-state index is 6.45. The first-order valence-electron chi connectivity index (χ1n) is 7.51. The molecule has 114 valence electrons. The third-order valence-electron chi connectivity index (χ3n) is 4.21. The average Bonchev–Trinajstić information content (AvgIpc) is 3.11. The summed E-state index contributed by atoms with van der Waals surface area (Å²) in [6.45, 7) is 0. The number of fused-ring (bicyclic) bond motifs is 5. The molecule has 0 aliphatic rings. The van der Waals surface area contributed by atoms with Crippen LogP contribution in [0.25, 0.3) is 44.0 Å². The Morgan fingerprint density at radius 3 is 2.50 bits per heavy atom. The van der Waals surface area contributed by atoms with Crippen molar-refractivity contribution in [2.24, 2.45) is 0 Å². The molecular weight excluding hydrogens is 338 g/mol. The Morgan fingerprint density at radius 2 is 1.62 bits per heavy atom. The summed E-state index contributed by atoms with van der Waals surface area (Å²) in [6, 6.07) is 20.1. The van der Waals surface area contributed by atoms with E-state index in [9.17, 15) is 0 Å². The quantitative estimate of drug-likeness (QED) is 0.364. The maximum Gasteiger partial charge on any atom is 0.113 e. The van der Waals surface area contributed by atoms with E-state index in [-0.39, 0.29) is 0 Å². The molecular formula is C19H10ClN3S. The SMILES string of the molecule is Clc1cccc2c1nc(-c1ccccc1)c1ccc3nsnc3c12. The van der Waals surface area contributed by atoms with Crippen LogP contribution in [0.4, 0.5) is 0 Å². The first-order chi connectivity index (χ1) is 11.8. The number of para-hydroxylation sites is 1. The molecule has 0 bridgehead atoms. The molecule has 0 radical (unpaired) electrons. The molecule has 3 aromatic carbocycles. The largest absolute Gasteiger partial charge is 0.246 e. The summed E-state index contributed by atoms with van der Waals surface area (Å²) >= 11 is 7.67. The number of pyridine rings is 1. The number of halogens is 1. The molecule has 5 heteroatoms. The van der Waals surface area contributed by atoms with E-state index in [1.165, 1.54) is 11.7 Å². The molecule has 0 atom stereocenters. The summed E-state index contributed by atoms with van der Waals surface area (Å²) in [4.78, 5) is 4.89. The molecule has 2 heterocycles. The van der Waals surface area contributed by atoms with Crippen LogP contribution < -0.4 is 0 Å². The molecule has 5 aromatic rings. The molecule has 24 heavy (non-hydrogen) atoms. The number of nitrogens with zero attached hydrogens (tertiary/aromatic N) is 3. The monoisotopic (exact) mass is 347 g/mol. The second-order valence-electron chi connectivity index (χ2n) is 5.58. The van der Waals surface area contributed by atoms with Gasteiger partial charge in [-0.2, -0.15) is 8.75 Å². The van der Waals surface area contributed by atoms with Crippen LogP contribution >= 0.6 is 23.3 Å².